The number of hydrogen-bond acceptors (Lipinski definition) is 5. The Bertz CT molecular complexity index is 828. The number of esters is 1. The van der Waals surface area contributed by atoms with Crippen molar-refractivity contribution in [2.45, 2.75) is 45.1 Å². The van der Waals surface area contributed by atoms with Gasteiger partial charge in [-0.2, -0.15) is 0 Å². The minimum atomic E-state index is -0.530. The maximum absolute atomic E-state index is 13.1. The van der Waals surface area contributed by atoms with Gasteiger partial charge in [0, 0.05) is 26.7 Å². The quantitative estimate of drug-likeness (QED) is 0.596. The van der Waals surface area contributed by atoms with E-state index in [0.717, 1.165) is 18.4 Å². The molecule has 0 saturated carbocycles. The van der Waals surface area contributed by atoms with Gasteiger partial charge in [-0.3, -0.25) is 19.2 Å². The summed E-state index contributed by atoms with van der Waals surface area (Å²) >= 11 is 0. The highest BCUT2D eigenvalue weighted by Gasteiger charge is 2.37. The Labute approximate surface area is 189 Å². The second-order valence-corrected chi connectivity index (χ2v) is 8.53. The van der Waals surface area contributed by atoms with Gasteiger partial charge in [0.2, 0.25) is 17.7 Å². The Kier molecular flexibility index (Phi) is 8.25. The molecule has 1 aromatic rings. The van der Waals surface area contributed by atoms with Gasteiger partial charge in [-0.15, -0.1) is 0 Å². The third kappa shape index (κ3) is 5.87. The van der Waals surface area contributed by atoms with Gasteiger partial charge in [-0.25, -0.2) is 0 Å². The predicted octanol–water partition coefficient (Wildman–Crippen LogP) is 1.48. The van der Waals surface area contributed by atoms with E-state index in [1.165, 1.54) is 4.90 Å². The summed E-state index contributed by atoms with van der Waals surface area (Å²) in [6, 6.07) is 8.95. The molecule has 2 saturated heterocycles. The van der Waals surface area contributed by atoms with Crippen LogP contribution in [0.3, 0.4) is 0 Å². The third-order valence-electron chi connectivity index (χ3n) is 6.20. The number of nitrogens with zero attached hydrogens (tertiary/aromatic N) is 3. The van der Waals surface area contributed by atoms with Crippen LogP contribution in [0.1, 0.15) is 38.2 Å². The van der Waals surface area contributed by atoms with E-state index in [4.69, 9.17) is 4.74 Å². The summed E-state index contributed by atoms with van der Waals surface area (Å²) in [7, 11) is 1.60. The fraction of sp³-hybridized carbons (Fsp3) is 0.583. The van der Waals surface area contributed by atoms with Gasteiger partial charge in [0.15, 0.2) is 0 Å². The number of likely N-dealkylation sites (N-methyl/N-ethyl adjacent to an activating group) is 1. The van der Waals surface area contributed by atoms with Crippen molar-refractivity contribution in [1.82, 2.24) is 14.7 Å². The molecule has 32 heavy (non-hydrogen) atoms. The second-order valence-electron chi connectivity index (χ2n) is 8.53. The Morgan fingerprint density at radius 1 is 1.03 bits per heavy atom. The molecule has 0 spiro atoms. The van der Waals surface area contributed by atoms with E-state index in [1.54, 1.807) is 23.8 Å². The number of hydrogen-bond donors (Lipinski definition) is 0. The van der Waals surface area contributed by atoms with E-state index in [2.05, 4.69) is 0 Å². The lowest BCUT2D eigenvalue weighted by Crippen LogP contribution is -2.51. The summed E-state index contributed by atoms with van der Waals surface area (Å²) in [4.78, 5) is 55.4. The van der Waals surface area contributed by atoms with Crippen molar-refractivity contribution in [3.63, 3.8) is 0 Å². The van der Waals surface area contributed by atoms with Crippen LogP contribution in [0.15, 0.2) is 30.3 Å². The summed E-state index contributed by atoms with van der Waals surface area (Å²) < 4.78 is 5.09. The zero-order valence-electron chi connectivity index (χ0n) is 19.0. The highest BCUT2D eigenvalue weighted by atomic mass is 16.5. The predicted molar refractivity (Wildman–Crippen MR) is 118 cm³/mol. The molecule has 2 unspecified atom stereocenters. The molecule has 1 aromatic carbocycles. The molecular weight excluding hydrogens is 410 g/mol. The number of likely N-dealkylation sites (tertiary alicyclic amines) is 2. The lowest BCUT2D eigenvalue weighted by molar-refractivity contribution is -0.152. The minimum Gasteiger partial charge on any atom is -0.466 e. The van der Waals surface area contributed by atoms with Crippen molar-refractivity contribution in [2.75, 3.05) is 39.8 Å². The summed E-state index contributed by atoms with van der Waals surface area (Å²) in [5.74, 6) is -1.05. The van der Waals surface area contributed by atoms with Crippen LogP contribution in [0.5, 0.6) is 0 Å². The first-order valence-corrected chi connectivity index (χ1v) is 11.4. The van der Waals surface area contributed by atoms with Crippen LogP contribution < -0.4 is 0 Å². The smallest absolute Gasteiger partial charge is 0.310 e. The molecule has 3 rings (SSSR count). The second kappa shape index (κ2) is 11.1. The fourth-order valence-electron chi connectivity index (χ4n) is 4.49. The number of carbonyl (C=O) groups excluding carboxylic acids is 4. The fourth-order valence-corrected chi connectivity index (χ4v) is 4.49. The first kappa shape index (κ1) is 23.8. The van der Waals surface area contributed by atoms with Crippen LogP contribution in [0.2, 0.25) is 0 Å². The largest absolute Gasteiger partial charge is 0.466 e. The number of benzene rings is 1. The van der Waals surface area contributed by atoms with E-state index in [1.807, 2.05) is 30.3 Å². The molecule has 0 aromatic heterocycles. The number of amides is 3. The lowest BCUT2D eigenvalue weighted by atomic mass is 9.98. The highest BCUT2D eigenvalue weighted by Crippen LogP contribution is 2.22. The minimum absolute atomic E-state index is 0.0639. The maximum atomic E-state index is 13.1. The van der Waals surface area contributed by atoms with Gasteiger partial charge >= 0.3 is 5.97 Å². The monoisotopic (exact) mass is 443 g/mol. The van der Waals surface area contributed by atoms with Crippen molar-refractivity contribution in [3.8, 4) is 0 Å². The topological polar surface area (TPSA) is 87.2 Å². The standard InChI is InChI=1S/C24H33N3O5/c1-3-32-24(31)19-11-7-13-26(16-19)22(29)17-25(2)23(30)20-12-8-14-27(20)21(28)15-18-9-5-4-6-10-18/h4-6,9-10,19-20H,3,7-8,11-17H2,1-2H3. The molecule has 2 fully saturated rings. The van der Waals surface area contributed by atoms with Crippen LogP contribution in [0, 0.1) is 5.92 Å². The molecule has 0 radical (unpaired) electrons. The van der Waals surface area contributed by atoms with Gasteiger partial charge in [-0.1, -0.05) is 30.3 Å². The molecule has 8 nitrogen and oxygen atoms in total. The van der Waals surface area contributed by atoms with Crippen molar-refractivity contribution < 1.29 is 23.9 Å². The van der Waals surface area contributed by atoms with E-state index < -0.39 is 6.04 Å². The first-order chi connectivity index (χ1) is 15.4. The zero-order valence-corrected chi connectivity index (χ0v) is 19.0. The summed E-state index contributed by atoms with van der Waals surface area (Å²) in [6.07, 6.45) is 3.07. The van der Waals surface area contributed by atoms with Crippen LogP contribution in [-0.4, -0.2) is 84.3 Å². The van der Waals surface area contributed by atoms with Gasteiger partial charge in [-0.05, 0) is 38.2 Å². The molecule has 174 valence electrons. The van der Waals surface area contributed by atoms with Crippen molar-refractivity contribution in [1.29, 1.82) is 0 Å². The van der Waals surface area contributed by atoms with Gasteiger partial charge in [0.05, 0.1) is 25.5 Å². The first-order valence-electron chi connectivity index (χ1n) is 11.4. The highest BCUT2D eigenvalue weighted by molar-refractivity contribution is 5.91. The Morgan fingerprint density at radius 2 is 1.75 bits per heavy atom. The summed E-state index contributed by atoms with van der Waals surface area (Å²) in [6.45, 7) is 3.47. The number of piperidine rings is 1. The molecule has 3 amide bonds. The summed E-state index contributed by atoms with van der Waals surface area (Å²) in [5, 5.41) is 0. The van der Waals surface area contributed by atoms with E-state index in [0.29, 0.717) is 39.1 Å². The van der Waals surface area contributed by atoms with Gasteiger partial charge in [0.1, 0.15) is 6.04 Å². The summed E-state index contributed by atoms with van der Waals surface area (Å²) in [5.41, 5.74) is 0.917. The average Bonchev–Trinajstić information content (AvgIpc) is 3.29. The molecule has 2 aliphatic rings. The molecule has 0 aliphatic carbocycles. The molecule has 2 atom stereocenters. The van der Waals surface area contributed by atoms with Crippen LogP contribution in [0.4, 0.5) is 0 Å². The Balaban J connectivity index is 1.55. The van der Waals surface area contributed by atoms with E-state index in [-0.39, 0.29) is 42.6 Å². The number of rotatable bonds is 7. The molecule has 2 aliphatic heterocycles. The maximum Gasteiger partial charge on any atom is 0.310 e. The van der Waals surface area contributed by atoms with Crippen LogP contribution >= 0.6 is 0 Å². The number of carbonyl (C=O) groups is 4. The van der Waals surface area contributed by atoms with E-state index in [9.17, 15) is 19.2 Å². The SMILES string of the molecule is CCOC(=O)C1CCCN(C(=O)CN(C)C(=O)C2CCCN2C(=O)Cc2ccccc2)C1. The van der Waals surface area contributed by atoms with Crippen LogP contribution in [-0.2, 0) is 30.3 Å². The molecular formula is C24H33N3O5. The average molecular weight is 444 g/mol. The van der Waals surface area contributed by atoms with E-state index >= 15 is 0 Å². The zero-order chi connectivity index (χ0) is 23.1. The number of ether oxygens (including phenoxy) is 1. The van der Waals surface area contributed by atoms with Crippen molar-refractivity contribution >= 4 is 23.7 Å². The lowest BCUT2D eigenvalue weighted by Gasteiger charge is -2.33. The van der Waals surface area contributed by atoms with Crippen LogP contribution in [0.25, 0.3) is 0 Å². The molecule has 2 heterocycles. The molecule has 8 heteroatoms. The van der Waals surface area contributed by atoms with Crippen molar-refractivity contribution in [3.05, 3.63) is 35.9 Å². The van der Waals surface area contributed by atoms with Gasteiger partial charge < -0.3 is 19.4 Å². The van der Waals surface area contributed by atoms with Gasteiger partial charge in [0.25, 0.3) is 0 Å². The van der Waals surface area contributed by atoms with Crippen molar-refractivity contribution in [2.24, 2.45) is 5.92 Å². The molecule has 0 bridgehead atoms. The normalized spacial score (nSPS) is 20.7. The third-order valence-corrected chi connectivity index (χ3v) is 6.20. The molecule has 0 N–H and O–H groups in total. The Morgan fingerprint density at radius 3 is 2.47 bits per heavy atom. The Hall–Kier alpha value is -2.90.